The highest BCUT2D eigenvalue weighted by atomic mass is 16.6. The van der Waals surface area contributed by atoms with Crippen LogP contribution < -0.4 is 16.3 Å². The number of nitrogens with two attached hydrogens (primary N) is 2. The zero-order valence-electron chi connectivity index (χ0n) is 19.5. The Morgan fingerprint density at radius 3 is 2.44 bits per heavy atom. The quantitative estimate of drug-likeness (QED) is 0.438. The molecular formula is C23H37N5O4. The lowest BCUT2D eigenvalue weighted by Gasteiger charge is -2.34. The fourth-order valence-corrected chi connectivity index (χ4v) is 4.02. The van der Waals surface area contributed by atoms with Crippen molar-refractivity contribution in [3.63, 3.8) is 0 Å². The van der Waals surface area contributed by atoms with Gasteiger partial charge >= 0.3 is 6.09 Å². The normalized spacial score (nSPS) is 17.9. The highest BCUT2D eigenvalue weighted by Gasteiger charge is 2.27. The topological polar surface area (TPSA) is 116 Å². The minimum absolute atomic E-state index is 0.0453. The van der Waals surface area contributed by atoms with Crippen molar-refractivity contribution in [3.05, 3.63) is 29.2 Å². The van der Waals surface area contributed by atoms with Crippen LogP contribution in [0.15, 0.2) is 17.8 Å². The first-order chi connectivity index (χ1) is 15.4. The van der Waals surface area contributed by atoms with E-state index in [9.17, 15) is 4.79 Å². The summed E-state index contributed by atoms with van der Waals surface area (Å²) in [4.78, 5) is 18.7. The van der Waals surface area contributed by atoms with E-state index in [0.717, 1.165) is 32.1 Å². The summed E-state index contributed by atoms with van der Waals surface area (Å²) in [6.45, 7) is 0.258. The fraction of sp³-hybridized carbons (Fsp3) is 0.652. The molecule has 32 heavy (non-hydrogen) atoms. The zero-order chi connectivity index (χ0) is 23.1. The Balaban J connectivity index is 1.75. The summed E-state index contributed by atoms with van der Waals surface area (Å²) in [7, 11) is 5.03. The Labute approximate surface area is 190 Å². The number of pyridine rings is 1. The number of rotatable bonds is 9. The second kappa shape index (κ2) is 11.4. The highest BCUT2D eigenvalue weighted by molar-refractivity contribution is 5.69. The van der Waals surface area contributed by atoms with E-state index in [2.05, 4.69) is 4.98 Å². The predicted octanol–water partition coefficient (Wildman–Crippen LogP) is 2.99. The third-order valence-corrected chi connectivity index (χ3v) is 6.31. The molecule has 9 heteroatoms. The van der Waals surface area contributed by atoms with Gasteiger partial charge in [0, 0.05) is 27.2 Å². The molecule has 0 aromatic carbocycles. The van der Waals surface area contributed by atoms with Gasteiger partial charge in [0.05, 0.1) is 29.8 Å². The van der Waals surface area contributed by atoms with E-state index < -0.39 is 0 Å². The number of hydrogen-bond donors (Lipinski definition) is 2. The molecule has 3 rings (SSSR count). The van der Waals surface area contributed by atoms with Crippen LogP contribution in [0.3, 0.4) is 0 Å². The fourth-order valence-electron chi connectivity index (χ4n) is 4.02. The Bertz CT molecular complexity index is 804. The minimum Gasteiger partial charge on any atom is -0.488 e. The van der Waals surface area contributed by atoms with Gasteiger partial charge in [-0.2, -0.15) is 0 Å². The molecule has 1 aromatic heterocycles. The van der Waals surface area contributed by atoms with Crippen LogP contribution in [0, 0.1) is 0 Å². The standard InChI is InChI=1S/C23H37N5O4/c1-27(16-8-7-9-16)23(29)31-15-20(28(2)25)22(24)18-12-13-21(19(26-18)14-30-3)32-17-10-5-4-6-11-17/h12-13,16-17H,4-11,14-15,24-25H2,1-3H3/b22-20-. The molecule has 4 N–H and O–H groups in total. The maximum absolute atomic E-state index is 12.4. The SMILES string of the molecule is COCc1nc(/C(N)=C(\COC(=O)N(C)C2CCC2)N(C)N)ccc1OC1CCCCC1. The first-order valence-electron chi connectivity index (χ1n) is 11.4. The first-order valence-corrected chi connectivity index (χ1v) is 11.4. The van der Waals surface area contributed by atoms with Crippen LogP contribution in [-0.4, -0.2) is 60.9 Å². The molecule has 1 aromatic rings. The molecule has 0 spiro atoms. The number of methoxy groups -OCH3 is 1. The number of amides is 1. The van der Waals surface area contributed by atoms with Crippen molar-refractivity contribution in [1.82, 2.24) is 14.9 Å². The van der Waals surface area contributed by atoms with Gasteiger partial charge in [-0.05, 0) is 57.1 Å². The van der Waals surface area contributed by atoms with Crippen LogP contribution in [0.1, 0.15) is 62.8 Å². The van der Waals surface area contributed by atoms with Crippen molar-refractivity contribution in [2.24, 2.45) is 11.6 Å². The minimum atomic E-state index is -0.383. The number of carbonyl (C=O) groups is 1. The Morgan fingerprint density at radius 2 is 1.84 bits per heavy atom. The smallest absolute Gasteiger partial charge is 0.410 e. The lowest BCUT2D eigenvalue weighted by molar-refractivity contribution is 0.0821. The molecule has 2 aliphatic carbocycles. The molecule has 0 saturated heterocycles. The second-order valence-corrected chi connectivity index (χ2v) is 8.67. The molecule has 2 fully saturated rings. The van der Waals surface area contributed by atoms with Crippen molar-refractivity contribution in [2.75, 3.05) is 27.8 Å². The molecule has 0 radical (unpaired) electrons. The van der Waals surface area contributed by atoms with Crippen molar-refractivity contribution in [3.8, 4) is 5.75 Å². The summed E-state index contributed by atoms with van der Waals surface area (Å²) in [6, 6.07) is 3.93. The van der Waals surface area contributed by atoms with E-state index >= 15 is 0 Å². The van der Waals surface area contributed by atoms with Crippen LogP contribution in [-0.2, 0) is 16.1 Å². The van der Waals surface area contributed by atoms with Crippen LogP contribution in [0.5, 0.6) is 5.75 Å². The van der Waals surface area contributed by atoms with Crippen molar-refractivity contribution in [2.45, 2.75) is 70.1 Å². The summed E-state index contributed by atoms with van der Waals surface area (Å²) < 4.78 is 17.0. The van der Waals surface area contributed by atoms with E-state index in [-0.39, 0.29) is 24.8 Å². The van der Waals surface area contributed by atoms with E-state index in [4.69, 9.17) is 25.8 Å². The molecular weight excluding hydrogens is 410 g/mol. The molecule has 2 aliphatic rings. The Kier molecular flexibility index (Phi) is 8.58. The zero-order valence-corrected chi connectivity index (χ0v) is 19.5. The monoisotopic (exact) mass is 447 g/mol. The Hall–Kier alpha value is -2.52. The van der Waals surface area contributed by atoms with Crippen LogP contribution >= 0.6 is 0 Å². The summed E-state index contributed by atoms with van der Waals surface area (Å²) in [5.74, 6) is 6.71. The third kappa shape index (κ3) is 6.04. The highest BCUT2D eigenvalue weighted by Crippen LogP contribution is 2.28. The van der Waals surface area contributed by atoms with Gasteiger partial charge in [-0.25, -0.2) is 15.6 Å². The number of aromatic nitrogens is 1. The second-order valence-electron chi connectivity index (χ2n) is 8.67. The number of nitrogens with zero attached hydrogens (tertiary/aromatic N) is 3. The number of carbonyl (C=O) groups excluding carboxylic acids is 1. The summed E-state index contributed by atoms with van der Waals surface area (Å²) in [6.07, 6.45) is 8.73. The Morgan fingerprint density at radius 1 is 1.12 bits per heavy atom. The van der Waals surface area contributed by atoms with Crippen molar-refractivity contribution < 1.29 is 19.0 Å². The van der Waals surface area contributed by atoms with Gasteiger partial charge in [-0.3, -0.25) is 0 Å². The van der Waals surface area contributed by atoms with Crippen LogP contribution in [0.4, 0.5) is 4.79 Å². The van der Waals surface area contributed by atoms with E-state index in [1.165, 1.54) is 24.3 Å². The average molecular weight is 448 g/mol. The third-order valence-electron chi connectivity index (χ3n) is 6.31. The summed E-state index contributed by atoms with van der Waals surface area (Å²) in [5, 5.41) is 1.36. The van der Waals surface area contributed by atoms with Gasteiger partial charge in [0.1, 0.15) is 18.1 Å². The van der Waals surface area contributed by atoms with E-state index in [1.807, 2.05) is 6.07 Å². The van der Waals surface area contributed by atoms with Crippen molar-refractivity contribution >= 4 is 11.8 Å². The number of hydrazine groups is 1. The molecule has 0 bridgehead atoms. The van der Waals surface area contributed by atoms with Gasteiger partial charge in [0.25, 0.3) is 0 Å². The molecule has 1 amide bonds. The molecule has 0 aliphatic heterocycles. The number of likely N-dealkylation sites (N-methyl/N-ethyl adjacent to an activating group) is 1. The van der Waals surface area contributed by atoms with Crippen LogP contribution in [0.2, 0.25) is 0 Å². The number of hydrogen-bond acceptors (Lipinski definition) is 8. The average Bonchev–Trinajstić information content (AvgIpc) is 2.74. The van der Waals surface area contributed by atoms with E-state index in [1.54, 1.807) is 32.2 Å². The van der Waals surface area contributed by atoms with Gasteiger partial charge in [0.15, 0.2) is 0 Å². The van der Waals surface area contributed by atoms with Gasteiger partial charge in [0.2, 0.25) is 0 Å². The van der Waals surface area contributed by atoms with E-state index in [0.29, 0.717) is 35.1 Å². The summed E-state index contributed by atoms with van der Waals surface area (Å²) >= 11 is 0. The lowest BCUT2D eigenvalue weighted by atomic mass is 9.92. The molecule has 0 atom stereocenters. The van der Waals surface area contributed by atoms with Crippen molar-refractivity contribution in [1.29, 1.82) is 0 Å². The maximum atomic E-state index is 12.4. The molecule has 0 unspecified atom stereocenters. The molecule has 1 heterocycles. The maximum Gasteiger partial charge on any atom is 0.410 e. The predicted molar refractivity (Wildman–Crippen MR) is 122 cm³/mol. The van der Waals surface area contributed by atoms with Gasteiger partial charge in [-0.1, -0.05) is 6.42 Å². The largest absolute Gasteiger partial charge is 0.488 e. The van der Waals surface area contributed by atoms with Crippen LogP contribution in [0.25, 0.3) is 5.70 Å². The molecule has 2 saturated carbocycles. The van der Waals surface area contributed by atoms with Gasteiger partial charge < -0.3 is 29.9 Å². The summed E-state index contributed by atoms with van der Waals surface area (Å²) in [5.41, 5.74) is 8.43. The van der Waals surface area contributed by atoms with Gasteiger partial charge in [-0.15, -0.1) is 0 Å². The number of ether oxygens (including phenoxy) is 3. The lowest BCUT2D eigenvalue weighted by Crippen LogP contribution is -2.42. The molecule has 9 nitrogen and oxygen atoms in total. The first kappa shape index (κ1) is 24.1. The molecule has 178 valence electrons.